The summed E-state index contributed by atoms with van der Waals surface area (Å²) >= 11 is 0. The highest BCUT2D eigenvalue weighted by atomic mass is 16.3. The molecule has 208 valence electrons. The second kappa shape index (κ2) is 13.9. The van der Waals surface area contributed by atoms with Gasteiger partial charge in [0.1, 0.15) is 11.5 Å². The number of aromatic hydroxyl groups is 2. The number of phenolic OH excluding ortho intramolecular Hbond substituents is 2. The lowest BCUT2D eigenvalue weighted by molar-refractivity contribution is 0.466. The predicted molar refractivity (Wildman–Crippen MR) is 171 cm³/mol. The number of aryl methyl sites for hydroxylation is 4. The van der Waals surface area contributed by atoms with Crippen molar-refractivity contribution in [2.24, 2.45) is 9.98 Å². The third-order valence-corrected chi connectivity index (χ3v) is 7.22. The molecule has 0 aliphatic carbocycles. The van der Waals surface area contributed by atoms with E-state index in [0.717, 1.165) is 95.8 Å². The number of aliphatic imine (C=N–C) groups is 2. The first-order chi connectivity index (χ1) is 19.5. The Bertz CT molecular complexity index is 1410. The van der Waals surface area contributed by atoms with Crippen molar-refractivity contribution in [2.45, 2.75) is 79.1 Å². The molecule has 0 aromatic heterocycles. The van der Waals surface area contributed by atoms with Gasteiger partial charge in [0, 0.05) is 28.9 Å². The van der Waals surface area contributed by atoms with Gasteiger partial charge < -0.3 is 10.2 Å². The monoisotopic (exact) mass is 534 g/mol. The van der Waals surface area contributed by atoms with Gasteiger partial charge in [0.25, 0.3) is 0 Å². The van der Waals surface area contributed by atoms with Crippen molar-refractivity contribution >= 4 is 34.6 Å². The van der Waals surface area contributed by atoms with E-state index in [1.165, 1.54) is 11.1 Å². The Labute approximate surface area is 239 Å². The predicted octanol–water partition coefficient (Wildman–Crippen LogP) is 9.56. The summed E-state index contributed by atoms with van der Waals surface area (Å²) in [5.74, 6) is 0.628. The summed E-state index contributed by atoms with van der Waals surface area (Å²) in [6, 6.07) is 20.4. The van der Waals surface area contributed by atoms with Crippen LogP contribution in [0.15, 0.2) is 70.6 Å². The van der Waals surface area contributed by atoms with Crippen molar-refractivity contribution in [3.05, 3.63) is 94.0 Å². The van der Waals surface area contributed by atoms with E-state index < -0.39 is 0 Å². The van der Waals surface area contributed by atoms with Gasteiger partial charge in [-0.25, -0.2) is 0 Å². The Hall–Kier alpha value is -3.92. The van der Waals surface area contributed by atoms with Crippen LogP contribution < -0.4 is 0 Å². The van der Waals surface area contributed by atoms with Crippen molar-refractivity contribution in [1.29, 1.82) is 0 Å². The van der Waals surface area contributed by atoms with Crippen molar-refractivity contribution < 1.29 is 10.2 Å². The fourth-order valence-electron chi connectivity index (χ4n) is 5.35. The van der Waals surface area contributed by atoms with E-state index in [9.17, 15) is 10.2 Å². The Kier molecular flexibility index (Phi) is 10.1. The van der Waals surface area contributed by atoms with Gasteiger partial charge in [-0.05, 0) is 77.6 Å². The lowest BCUT2D eigenvalue weighted by Gasteiger charge is -2.11. The molecule has 40 heavy (non-hydrogen) atoms. The molecule has 0 unspecified atom stereocenters. The SMILES string of the molecule is CCCc1cc(C=Nc2cccc3cccc(N=Cc4cc(CCC)cc(CCC)c4O)c23)c(O)c(CCC)c1. The Morgan fingerprint density at radius 2 is 1.00 bits per heavy atom. The van der Waals surface area contributed by atoms with Crippen LogP contribution in [0.3, 0.4) is 0 Å². The van der Waals surface area contributed by atoms with E-state index in [4.69, 9.17) is 9.98 Å². The van der Waals surface area contributed by atoms with E-state index >= 15 is 0 Å². The summed E-state index contributed by atoms with van der Waals surface area (Å²) in [7, 11) is 0. The van der Waals surface area contributed by atoms with Gasteiger partial charge in [0.2, 0.25) is 0 Å². The quantitative estimate of drug-likeness (QED) is 0.178. The van der Waals surface area contributed by atoms with E-state index in [-0.39, 0.29) is 0 Å². The zero-order valence-corrected chi connectivity index (χ0v) is 24.4. The van der Waals surface area contributed by atoms with Gasteiger partial charge in [0.05, 0.1) is 11.4 Å². The van der Waals surface area contributed by atoms with Crippen LogP contribution in [-0.4, -0.2) is 22.6 Å². The molecule has 0 saturated heterocycles. The van der Waals surface area contributed by atoms with Crippen LogP contribution >= 0.6 is 0 Å². The minimum Gasteiger partial charge on any atom is -0.507 e. The second-order valence-electron chi connectivity index (χ2n) is 10.6. The average molecular weight is 535 g/mol. The number of hydrogen-bond acceptors (Lipinski definition) is 4. The highest BCUT2D eigenvalue weighted by Gasteiger charge is 2.11. The van der Waals surface area contributed by atoms with E-state index in [1.807, 2.05) is 36.4 Å². The minimum atomic E-state index is 0.314. The summed E-state index contributed by atoms with van der Waals surface area (Å²) in [5, 5.41) is 23.9. The molecule has 0 aliphatic heterocycles. The highest BCUT2D eigenvalue weighted by molar-refractivity contribution is 6.04. The normalized spacial score (nSPS) is 11.8. The summed E-state index contributed by atoms with van der Waals surface area (Å²) < 4.78 is 0. The summed E-state index contributed by atoms with van der Waals surface area (Å²) in [6.07, 6.45) is 11.2. The minimum absolute atomic E-state index is 0.314. The molecule has 4 nitrogen and oxygen atoms in total. The van der Waals surface area contributed by atoms with Gasteiger partial charge in [0.15, 0.2) is 0 Å². The number of rotatable bonds is 12. The summed E-state index contributed by atoms with van der Waals surface area (Å²) in [6.45, 7) is 8.59. The summed E-state index contributed by atoms with van der Waals surface area (Å²) in [5.41, 5.74) is 7.47. The second-order valence-corrected chi connectivity index (χ2v) is 10.6. The van der Waals surface area contributed by atoms with Crippen LogP contribution in [-0.2, 0) is 25.7 Å². The zero-order chi connectivity index (χ0) is 28.5. The zero-order valence-electron chi connectivity index (χ0n) is 24.4. The van der Waals surface area contributed by atoms with E-state index in [0.29, 0.717) is 11.5 Å². The smallest absolute Gasteiger partial charge is 0.127 e. The van der Waals surface area contributed by atoms with Gasteiger partial charge in [-0.1, -0.05) is 89.8 Å². The number of benzene rings is 4. The van der Waals surface area contributed by atoms with Crippen LogP contribution in [0.25, 0.3) is 10.8 Å². The maximum absolute atomic E-state index is 11.0. The molecule has 0 aliphatic rings. The molecule has 4 rings (SSSR count). The molecule has 4 aromatic rings. The molecule has 0 radical (unpaired) electrons. The molecular weight excluding hydrogens is 492 g/mol. The van der Waals surface area contributed by atoms with Crippen molar-refractivity contribution in [2.75, 3.05) is 0 Å². The van der Waals surface area contributed by atoms with Crippen molar-refractivity contribution in [3.63, 3.8) is 0 Å². The van der Waals surface area contributed by atoms with Gasteiger partial charge >= 0.3 is 0 Å². The molecule has 4 aromatic carbocycles. The molecule has 4 heteroatoms. The van der Waals surface area contributed by atoms with Gasteiger partial charge in [-0.3, -0.25) is 9.98 Å². The lowest BCUT2D eigenvalue weighted by atomic mass is 9.98. The Morgan fingerprint density at radius 3 is 1.40 bits per heavy atom. The first-order valence-electron chi connectivity index (χ1n) is 14.8. The Balaban J connectivity index is 1.77. The standard InChI is InChI=1S/C36H42N2O2/c1-5-11-25-19-28(13-7-3)35(39)30(21-25)23-37-32-17-9-15-27-16-10-18-33(34(27)32)38-24-31-22-26(12-6-2)20-29(14-8-4)36(31)40/h9-10,15-24,39-40H,5-8,11-14H2,1-4H3. The molecule has 0 atom stereocenters. The highest BCUT2D eigenvalue weighted by Crippen LogP contribution is 2.35. The number of fused-ring (bicyclic) bond motifs is 1. The van der Waals surface area contributed by atoms with E-state index in [2.05, 4.69) is 52.0 Å². The maximum Gasteiger partial charge on any atom is 0.127 e. The molecule has 0 heterocycles. The number of nitrogens with zero attached hydrogens (tertiary/aromatic N) is 2. The van der Waals surface area contributed by atoms with Gasteiger partial charge in [-0.2, -0.15) is 0 Å². The van der Waals surface area contributed by atoms with Crippen LogP contribution in [0, 0.1) is 0 Å². The number of hydrogen-bond donors (Lipinski definition) is 2. The van der Waals surface area contributed by atoms with Crippen LogP contribution in [0.2, 0.25) is 0 Å². The van der Waals surface area contributed by atoms with Crippen LogP contribution in [0.1, 0.15) is 86.8 Å². The first-order valence-corrected chi connectivity index (χ1v) is 14.8. The molecule has 0 bridgehead atoms. The fourth-order valence-corrected chi connectivity index (χ4v) is 5.35. The van der Waals surface area contributed by atoms with Crippen molar-refractivity contribution in [1.82, 2.24) is 0 Å². The third kappa shape index (κ3) is 6.80. The molecule has 0 amide bonds. The summed E-state index contributed by atoms with van der Waals surface area (Å²) in [4.78, 5) is 9.74. The van der Waals surface area contributed by atoms with Gasteiger partial charge in [-0.15, -0.1) is 0 Å². The molecule has 0 saturated carbocycles. The first kappa shape index (κ1) is 29.1. The molecule has 0 fully saturated rings. The average Bonchev–Trinajstić information content (AvgIpc) is 2.95. The topological polar surface area (TPSA) is 65.2 Å². The molecule has 2 N–H and O–H groups in total. The molecule has 0 spiro atoms. The van der Waals surface area contributed by atoms with E-state index in [1.54, 1.807) is 12.4 Å². The van der Waals surface area contributed by atoms with Crippen LogP contribution in [0.5, 0.6) is 11.5 Å². The Morgan fingerprint density at radius 1 is 0.575 bits per heavy atom. The largest absolute Gasteiger partial charge is 0.507 e. The number of phenols is 2. The maximum atomic E-state index is 11.0. The van der Waals surface area contributed by atoms with Crippen molar-refractivity contribution in [3.8, 4) is 11.5 Å². The third-order valence-electron chi connectivity index (χ3n) is 7.22. The molecular formula is C36H42N2O2. The fraction of sp³-hybridized carbons (Fsp3) is 0.333. The van der Waals surface area contributed by atoms with Crippen LogP contribution in [0.4, 0.5) is 11.4 Å². The lowest BCUT2D eigenvalue weighted by Crippen LogP contribution is -1.95.